The molecule has 0 fully saturated rings. The van der Waals surface area contributed by atoms with Crippen LogP contribution in [-0.4, -0.2) is 9.55 Å². The second-order valence-corrected chi connectivity index (χ2v) is 5.93. The summed E-state index contributed by atoms with van der Waals surface area (Å²) in [7, 11) is 0. The highest BCUT2D eigenvalue weighted by Crippen LogP contribution is 2.24. The van der Waals surface area contributed by atoms with Crippen molar-refractivity contribution >= 4 is 45.8 Å². The van der Waals surface area contributed by atoms with Crippen molar-refractivity contribution in [3.05, 3.63) is 56.1 Å². The molecule has 0 saturated carbocycles. The molecule has 0 radical (unpaired) electrons. The summed E-state index contributed by atoms with van der Waals surface area (Å²) in [6.07, 6.45) is 0. The molecule has 19 heavy (non-hydrogen) atoms. The number of aromatic amines is 1. The van der Waals surface area contributed by atoms with E-state index in [-0.39, 0.29) is 5.82 Å². The Morgan fingerprint density at radius 1 is 1.21 bits per heavy atom. The maximum absolute atomic E-state index is 13.2. The van der Waals surface area contributed by atoms with E-state index in [4.69, 9.17) is 12.2 Å². The molecule has 2 aromatic carbocycles. The predicted molar refractivity (Wildman–Crippen MR) is 85.9 cm³/mol. The molecular weight excluding hydrogens is 374 g/mol. The molecule has 0 spiro atoms. The number of benzene rings is 2. The van der Waals surface area contributed by atoms with Crippen LogP contribution in [0.15, 0.2) is 36.4 Å². The zero-order chi connectivity index (χ0) is 13.6. The van der Waals surface area contributed by atoms with Gasteiger partial charge < -0.3 is 4.98 Å². The van der Waals surface area contributed by atoms with Gasteiger partial charge in [-0.05, 0) is 77.6 Å². The van der Waals surface area contributed by atoms with Crippen LogP contribution in [-0.2, 0) is 0 Å². The van der Waals surface area contributed by atoms with Crippen molar-refractivity contribution in [2.45, 2.75) is 6.92 Å². The molecule has 1 N–H and O–H groups in total. The summed E-state index contributed by atoms with van der Waals surface area (Å²) in [6.45, 7) is 2.04. The summed E-state index contributed by atoms with van der Waals surface area (Å²) < 4.78 is 16.6. The van der Waals surface area contributed by atoms with E-state index in [1.807, 2.05) is 23.6 Å². The molecule has 0 aliphatic rings. The van der Waals surface area contributed by atoms with Crippen molar-refractivity contribution in [2.75, 3.05) is 0 Å². The lowest BCUT2D eigenvalue weighted by molar-refractivity contribution is 0.626. The second-order valence-electron chi connectivity index (χ2n) is 4.38. The Kier molecular flexibility index (Phi) is 3.18. The molecule has 2 nitrogen and oxygen atoms in total. The van der Waals surface area contributed by atoms with Crippen LogP contribution < -0.4 is 0 Å². The van der Waals surface area contributed by atoms with Crippen molar-refractivity contribution in [1.82, 2.24) is 9.55 Å². The minimum Gasteiger partial charge on any atom is -0.330 e. The van der Waals surface area contributed by atoms with Crippen LogP contribution in [0.3, 0.4) is 0 Å². The first-order valence-electron chi connectivity index (χ1n) is 5.73. The van der Waals surface area contributed by atoms with E-state index in [0.717, 1.165) is 25.9 Å². The van der Waals surface area contributed by atoms with Crippen LogP contribution >= 0.6 is 34.8 Å². The first kappa shape index (κ1) is 12.8. The van der Waals surface area contributed by atoms with E-state index in [1.54, 1.807) is 6.07 Å². The van der Waals surface area contributed by atoms with Crippen molar-refractivity contribution in [2.24, 2.45) is 0 Å². The van der Waals surface area contributed by atoms with Crippen molar-refractivity contribution < 1.29 is 4.39 Å². The zero-order valence-electron chi connectivity index (χ0n) is 10.1. The Balaban J connectivity index is 2.38. The van der Waals surface area contributed by atoms with E-state index < -0.39 is 0 Å². The molecule has 5 heteroatoms. The Morgan fingerprint density at radius 2 is 2.00 bits per heavy atom. The molecule has 0 aliphatic carbocycles. The van der Waals surface area contributed by atoms with Crippen LogP contribution in [0.25, 0.3) is 16.7 Å². The van der Waals surface area contributed by atoms with Crippen LogP contribution in [0, 0.1) is 21.1 Å². The van der Waals surface area contributed by atoms with Gasteiger partial charge in [-0.2, -0.15) is 0 Å². The van der Waals surface area contributed by atoms with Gasteiger partial charge in [0, 0.05) is 3.57 Å². The fourth-order valence-electron chi connectivity index (χ4n) is 2.11. The molecule has 1 heterocycles. The Morgan fingerprint density at radius 3 is 2.74 bits per heavy atom. The quantitative estimate of drug-likeness (QED) is 0.475. The average molecular weight is 384 g/mol. The predicted octanol–water partition coefficient (Wildman–Crippen LogP) is 4.74. The van der Waals surface area contributed by atoms with Gasteiger partial charge in [0.1, 0.15) is 5.82 Å². The Bertz CT molecular complexity index is 835. The molecule has 1 aromatic heterocycles. The fourth-order valence-corrected chi connectivity index (χ4v) is 3.14. The van der Waals surface area contributed by atoms with Crippen molar-refractivity contribution in [3.8, 4) is 5.69 Å². The third-order valence-electron chi connectivity index (χ3n) is 2.99. The molecule has 0 unspecified atom stereocenters. The second kappa shape index (κ2) is 4.72. The van der Waals surface area contributed by atoms with Crippen LogP contribution in [0.2, 0.25) is 0 Å². The van der Waals surface area contributed by atoms with E-state index in [1.165, 1.54) is 12.1 Å². The molecular formula is C14H10FIN2S. The third kappa shape index (κ3) is 2.21. The number of rotatable bonds is 1. The number of nitrogens with zero attached hydrogens (tertiary/aromatic N) is 1. The van der Waals surface area contributed by atoms with Crippen molar-refractivity contribution in [1.29, 1.82) is 0 Å². The molecule has 0 bridgehead atoms. The van der Waals surface area contributed by atoms with Gasteiger partial charge in [-0.1, -0.05) is 6.07 Å². The van der Waals surface area contributed by atoms with E-state index in [9.17, 15) is 4.39 Å². The van der Waals surface area contributed by atoms with Gasteiger partial charge in [0.25, 0.3) is 0 Å². The lowest BCUT2D eigenvalue weighted by atomic mass is 10.2. The third-order valence-corrected chi connectivity index (χ3v) is 4.14. The number of aromatic nitrogens is 2. The molecule has 0 atom stereocenters. The van der Waals surface area contributed by atoms with Gasteiger partial charge in [0.2, 0.25) is 0 Å². The molecule has 3 aromatic rings. The van der Waals surface area contributed by atoms with Crippen LogP contribution in [0.4, 0.5) is 4.39 Å². The number of fused-ring (bicyclic) bond motifs is 1. The maximum Gasteiger partial charge on any atom is 0.182 e. The van der Waals surface area contributed by atoms with Gasteiger partial charge in [-0.3, -0.25) is 4.57 Å². The first-order valence-corrected chi connectivity index (χ1v) is 7.22. The highest BCUT2D eigenvalue weighted by molar-refractivity contribution is 14.1. The Hall–Kier alpha value is -1.21. The molecule has 96 valence electrons. The fraction of sp³-hybridized carbons (Fsp3) is 0.0714. The summed E-state index contributed by atoms with van der Waals surface area (Å²) in [4.78, 5) is 3.18. The largest absolute Gasteiger partial charge is 0.330 e. The lowest BCUT2D eigenvalue weighted by Crippen LogP contribution is -1.97. The highest BCUT2D eigenvalue weighted by atomic mass is 127. The SMILES string of the molecule is Cc1ccc2[nH]c(=S)n(-c3ccc(F)cc3I)c2c1. The molecule has 0 saturated heterocycles. The standard InChI is InChI=1S/C14H10FIN2S/c1-8-2-4-11-13(6-8)18(14(19)17-11)12-5-3-9(15)7-10(12)16/h2-7H,1H3,(H,17,19). The van der Waals surface area contributed by atoms with Crippen LogP contribution in [0.1, 0.15) is 5.56 Å². The summed E-state index contributed by atoms with van der Waals surface area (Å²) in [5.41, 5.74) is 4.04. The highest BCUT2D eigenvalue weighted by Gasteiger charge is 2.10. The topological polar surface area (TPSA) is 20.7 Å². The normalized spacial score (nSPS) is 11.1. The minimum atomic E-state index is -0.240. The monoisotopic (exact) mass is 384 g/mol. The maximum atomic E-state index is 13.2. The summed E-state index contributed by atoms with van der Waals surface area (Å²) in [6, 6.07) is 10.8. The summed E-state index contributed by atoms with van der Waals surface area (Å²) in [5.74, 6) is -0.240. The minimum absolute atomic E-state index is 0.240. The van der Waals surface area contributed by atoms with Crippen molar-refractivity contribution in [3.63, 3.8) is 0 Å². The number of halogens is 2. The van der Waals surface area contributed by atoms with E-state index >= 15 is 0 Å². The number of hydrogen-bond donors (Lipinski definition) is 1. The lowest BCUT2D eigenvalue weighted by Gasteiger charge is -2.07. The molecule has 0 amide bonds. The number of H-pyrrole nitrogens is 1. The van der Waals surface area contributed by atoms with Gasteiger partial charge >= 0.3 is 0 Å². The number of imidazole rings is 1. The van der Waals surface area contributed by atoms with Gasteiger partial charge in [0.15, 0.2) is 4.77 Å². The zero-order valence-corrected chi connectivity index (χ0v) is 13.0. The number of hydrogen-bond acceptors (Lipinski definition) is 1. The summed E-state index contributed by atoms with van der Waals surface area (Å²) >= 11 is 7.51. The molecule has 3 rings (SSSR count). The van der Waals surface area contributed by atoms with Crippen LogP contribution in [0.5, 0.6) is 0 Å². The number of aryl methyl sites for hydroxylation is 1. The Labute approximate surface area is 128 Å². The smallest absolute Gasteiger partial charge is 0.182 e. The van der Waals surface area contributed by atoms with Gasteiger partial charge in [0.05, 0.1) is 16.7 Å². The van der Waals surface area contributed by atoms with E-state index in [0.29, 0.717) is 4.77 Å². The van der Waals surface area contributed by atoms with Gasteiger partial charge in [-0.15, -0.1) is 0 Å². The average Bonchev–Trinajstić information content (AvgIpc) is 2.65. The molecule has 0 aliphatic heterocycles. The number of nitrogens with one attached hydrogen (secondary N) is 1. The van der Waals surface area contributed by atoms with Gasteiger partial charge in [-0.25, -0.2) is 4.39 Å². The first-order chi connectivity index (χ1) is 9.06. The summed E-state index contributed by atoms with van der Waals surface area (Å²) in [5, 5.41) is 0. The van der Waals surface area contributed by atoms with E-state index in [2.05, 4.69) is 33.6 Å².